The Morgan fingerprint density at radius 3 is 3.06 bits per heavy atom. The Morgan fingerprint density at radius 2 is 2.35 bits per heavy atom. The number of nitrogens with zero attached hydrogens (tertiary/aromatic N) is 1. The Kier molecular flexibility index (Phi) is 4.02. The minimum Gasteiger partial charge on any atom is -0.396 e. The molecule has 1 aromatic rings. The topological polar surface area (TPSA) is 40.5 Å². The molecule has 0 spiro atoms. The summed E-state index contributed by atoms with van der Waals surface area (Å²) in [5.74, 6) is 0.512. The third kappa shape index (κ3) is 2.61. The normalized spacial score (nSPS) is 19.6. The molecule has 1 aromatic carbocycles. The maximum atomic E-state index is 11.1. The van der Waals surface area contributed by atoms with Crippen molar-refractivity contribution in [3.8, 4) is 0 Å². The summed E-state index contributed by atoms with van der Waals surface area (Å²) in [5.41, 5.74) is 1.48. The Morgan fingerprint density at radius 1 is 1.53 bits per heavy atom. The van der Waals surface area contributed by atoms with E-state index >= 15 is 0 Å². The fraction of sp³-hybridized carbons (Fsp3) is 0.462. The van der Waals surface area contributed by atoms with Gasteiger partial charge < -0.3 is 10.0 Å². The Bertz CT molecular complexity index is 408. The number of carbonyl (C=O) groups is 1. The summed E-state index contributed by atoms with van der Waals surface area (Å²) in [7, 11) is 0. The highest BCUT2D eigenvalue weighted by molar-refractivity contribution is 6.33. The van der Waals surface area contributed by atoms with Gasteiger partial charge >= 0.3 is 0 Å². The van der Waals surface area contributed by atoms with Crippen LogP contribution in [-0.2, 0) is 0 Å². The number of aliphatic hydroxyl groups is 1. The van der Waals surface area contributed by atoms with E-state index in [9.17, 15) is 4.79 Å². The third-order valence-electron chi connectivity index (χ3n) is 3.31. The van der Waals surface area contributed by atoms with Crippen molar-refractivity contribution in [1.29, 1.82) is 0 Å². The first kappa shape index (κ1) is 12.4. The van der Waals surface area contributed by atoms with Gasteiger partial charge in [0, 0.05) is 25.4 Å². The monoisotopic (exact) mass is 253 g/mol. The maximum Gasteiger partial charge on any atom is 0.153 e. The Balaban J connectivity index is 2.18. The average molecular weight is 254 g/mol. The average Bonchev–Trinajstić information content (AvgIpc) is 2.78. The predicted molar refractivity (Wildman–Crippen MR) is 68.9 cm³/mol. The van der Waals surface area contributed by atoms with Crippen LogP contribution in [0.25, 0.3) is 0 Å². The molecule has 1 aliphatic heterocycles. The van der Waals surface area contributed by atoms with Crippen molar-refractivity contribution in [2.75, 3.05) is 24.6 Å². The lowest BCUT2D eigenvalue weighted by atomic mass is 10.1. The predicted octanol–water partition coefficient (Wildman–Crippen LogP) is 2.36. The van der Waals surface area contributed by atoms with Crippen LogP contribution in [0.5, 0.6) is 0 Å². The van der Waals surface area contributed by atoms with E-state index in [4.69, 9.17) is 16.7 Å². The summed E-state index contributed by atoms with van der Waals surface area (Å²) in [6, 6.07) is 5.52. The van der Waals surface area contributed by atoms with Crippen LogP contribution in [0.3, 0.4) is 0 Å². The summed E-state index contributed by atoms with van der Waals surface area (Å²) >= 11 is 6.01. The highest BCUT2D eigenvalue weighted by atomic mass is 35.5. The van der Waals surface area contributed by atoms with Crippen molar-refractivity contribution in [2.24, 2.45) is 5.92 Å². The summed E-state index contributed by atoms with van der Waals surface area (Å²) in [4.78, 5) is 13.2. The van der Waals surface area contributed by atoms with Crippen LogP contribution in [0.4, 0.5) is 5.69 Å². The summed E-state index contributed by atoms with van der Waals surface area (Å²) in [6.45, 7) is 2.04. The molecule has 4 heteroatoms. The zero-order chi connectivity index (χ0) is 12.3. The van der Waals surface area contributed by atoms with Crippen LogP contribution in [0.2, 0.25) is 5.02 Å². The molecule has 1 N–H and O–H groups in total. The second-order valence-electron chi connectivity index (χ2n) is 4.40. The lowest BCUT2D eigenvalue weighted by Crippen LogP contribution is -2.21. The van der Waals surface area contributed by atoms with E-state index < -0.39 is 0 Å². The van der Waals surface area contributed by atoms with Gasteiger partial charge in [0.1, 0.15) is 0 Å². The lowest BCUT2D eigenvalue weighted by Gasteiger charge is -2.20. The van der Waals surface area contributed by atoms with Gasteiger partial charge in [0.05, 0.1) is 10.6 Å². The SMILES string of the molecule is O=Cc1c(Cl)cccc1N1CCC(CCO)C1. The molecule has 0 aromatic heterocycles. The zero-order valence-corrected chi connectivity index (χ0v) is 10.4. The molecule has 1 atom stereocenters. The standard InChI is InChI=1S/C13H16ClNO2/c14-12-2-1-3-13(11(12)9-17)15-6-4-10(8-15)5-7-16/h1-3,9-10,16H,4-8H2. The quantitative estimate of drug-likeness (QED) is 0.838. The van der Waals surface area contributed by atoms with Crippen molar-refractivity contribution < 1.29 is 9.90 Å². The second kappa shape index (κ2) is 5.52. The minimum atomic E-state index is 0.231. The summed E-state index contributed by atoms with van der Waals surface area (Å²) in [6.07, 6.45) is 2.70. The number of hydrogen-bond donors (Lipinski definition) is 1. The van der Waals surface area contributed by atoms with Gasteiger partial charge in [0.15, 0.2) is 6.29 Å². The lowest BCUT2D eigenvalue weighted by molar-refractivity contribution is 0.112. The van der Waals surface area contributed by atoms with Gasteiger partial charge in [0.2, 0.25) is 0 Å². The summed E-state index contributed by atoms with van der Waals surface area (Å²) < 4.78 is 0. The van der Waals surface area contributed by atoms with Gasteiger partial charge in [-0.25, -0.2) is 0 Å². The molecule has 0 amide bonds. The Labute approximate surface area is 106 Å². The number of anilines is 1. The van der Waals surface area contributed by atoms with E-state index in [1.807, 2.05) is 12.1 Å². The molecule has 92 valence electrons. The van der Waals surface area contributed by atoms with Crippen LogP contribution < -0.4 is 4.90 Å². The van der Waals surface area contributed by atoms with E-state index in [0.717, 1.165) is 37.9 Å². The van der Waals surface area contributed by atoms with Gasteiger partial charge in [0.25, 0.3) is 0 Å². The van der Waals surface area contributed by atoms with Crippen molar-refractivity contribution in [3.05, 3.63) is 28.8 Å². The van der Waals surface area contributed by atoms with Crippen LogP contribution in [-0.4, -0.2) is 31.1 Å². The van der Waals surface area contributed by atoms with Crippen molar-refractivity contribution in [3.63, 3.8) is 0 Å². The Hall–Kier alpha value is -1.06. The first-order valence-electron chi connectivity index (χ1n) is 5.85. The first-order valence-corrected chi connectivity index (χ1v) is 6.23. The van der Waals surface area contributed by atoms with E-state index in [1.54, 1.807) is 6.07 Å². The van der Waals surface area contributed by atoms with Crippen LogP contribution in [0.15, 0.2) is 18.2 Å². The number of aldehydes is 1. The highest BCUT2D eigenvalue weighted by Gasteiger charge is 2.24. The first-order chi connectivity index (χ1) is 8.26. The highest BCUT2D eigenvalue weighted by Crippen LogP contribution is 2.30. The molecular formula is C13H16ClNO2. The van der Waals surface area contributed by atoms with E-state index in [1.165, 1.54) is 0 Å². The second-order valence-corrected chi connectivity index (χ2v) is 4.81. The molecule has 1 heterocycles. The molecule has 0 radical (unpaired) electrons. The number of carbonyl (C=O) groups excluding carboxylic acids is 1. The number of halogens is 1. The fourth-order valence-corrected chi connectivity index (χ4v) is 2.60. The van der Waals surface area contributed by atoms with Gasteiger partial charge in [-0.05, 0) is 30.9 Å². The van der Waals surface area contributed by atoms with Crippen LogP contribution in [0, 0.1) is 5.92 Å². The van der Waals surface area contributed by atoms with E-state index in [-0.39, 0.29) is 6.61 Å². The minimum absolute atomic E-state index is 0.231. The molecule has 1 aliphatic rings. The van der Waals surface area contributed by atoms with Gasteiger partial charge in [-0.3, -0.25) is 4.79 Å². The molecule has 1 unspecified atom stereocenters. The van der Waals surface area contributed by atoms with Crippen molar-refractivity contribution in [2.45, 2.75) is 12.8 Å². The number of aliphatic hydroxyl groups excluding tert-OH is 1. The van der Waals surface area contributed by atoms with Crippen molar-refractivity contribution >= 4 is 23.6 Å². The zero-order valence-electron chi connectivity index (χ0n) is 9.60. The van der Waals surface area contributed by atoms with Crippen LogP contribution in [0.1, 0.15) is 23.2 Å². The molecule has 1 fully saturated rings. The molecule has 17 heavy (non-hydrogen) atoms. The maximum absolute atomic E-state index is 11.1. The number of benzene rings is 1. The van der Waals surface area contributed by atoms with E-state index in [0.29, 0.717) is 16.5 Å². The molecule has 0 saturated carbocycles. The number of hydrogen-bond acceptors (Lipinski definition) is 3. The largest absolute Gasteiger partial charge is 0.396 e. The van der Waals surface area contributed by atoms with Crippen LogP contribution >= 0.6 is 11.6 Å². The third-order valence-corrected chi connectivity index (χ3v) is 3.64. The van der Waals surface area contributed by atoms with Crippen molar-refractivity contribution in [1.82, 2.24) is 0 Å². The number of rotatable bonds is 4. The summed E-state index contributed by atoms with van der Waals surface area (Å²) in [5, 5.41) is 9.44. The van der Waals surface area contributed by atoms with E-state index in [2.05, 4.69) is 4.90 Å². The smallest absolute Gasteiger partial charge is 0.153 e. The molecule has 2 rings (SSSR count). The molecular weight excluding hydrogens is 238 g/mol. The molecule has 3 nitrogen and oxygen atoms in total. The fourth-order valence-electron chi connectivity index (χ4n) is 2.39. The van der Waals surface area contributed by atoms with Gasteiger partial charge in [-0.15, -0.1) is 0 Å². The molecule has 0 aliphatic carbocycles. The molecule has 1 saturated heterocycles. The van der Waals surface area contributed by atoms with Gasteiger partial charge in [-0.2, -0.15) is 0 Å². The van der Waals surface area contributed by atoms with Gasteiger partial charge in [-0.1, -0.05) is 17.7 Å². The molecule has 0 bridgehead atoms.